The van der Waals surface area contributed by atoms with E-state index in [1.165, 1.54) is 12.1 Å². The topological polar surface area (TPSA) is 99.3 Å². The number of ether oxygens (including phenoxy) is 1. The van der Waals surface area contributed by atoms with E-state index < -0.39 is 4.92 Å². The maximum Gasteiger partial charge on any atom is 0.292 e. The molecule has 0 aliphatic heterocycles. The lowest BCUT2D eigenvalue weighted by molar-refractivity contribution is -0.383. The van der Waals surface area contributed by atoms with Gasteiger partial charge in [0, 0.05) is 38.1 Å². The zero-order chi connectivity index (χ0) is 20.8. The fraction of sp³-hybridized carbons (Fsp3) is 0.143. The maximum atomic E-state index is 12.4. The number of imidazole rings is 1. The van der Waals surface area contributed by atoms with Gasteiger partial charge in [-0.15, -0.1) is 0 Å². The number of rotatable bonds is 8. The Labute approximate surface area is 167 Å². The smallest absolute Gasteiger partial charge is 0.292 e. The molecule has 3 rings (SSSR count). The van der Waals surface area contributed by atoms with Crippen LogP contribution in [0, 0.1) is 10.1 Å². The molecule has 1 heterocycles. The third-order valence-corrected chi connectivity index (χ3v) is 4.34. The largest absolute Gasteiger partial charge is 0.486 e. The van der Waals surface area contributed by atoms with Crippen LogP contribution in [0.25, 0.3) is 6.08 Å². The number of nitrogens with one attached hydrogen (secondary N) is 1. The molecule has 29 heavy (non-hydrogen) atoms. The highest BCUT2D eigenvalue weighted by atomic mass is 16.6. The second kappa shape index (κ2) is 8.83. The molecule has 8 heteroatoms. The van der Waals surface area contributed by atoms with Gasteiger partial charge >= 0.3 is 0 Å². The summed E-state index contributed by atoms with van der Waals surface area (Å²) in [4.78, 5) is 27.2. The number of anilines is 1. The van der Waals surface area contributed by atoms with Crippen molar-refractivity contribution in [2.24, 2.45) is 7.05 Å². The fourth-order valence-corrected chi connectivity index (χ4v) is 2.68. The van der Waals surface area contributed by atoms with Gasteiger partial charge in [-0.3, -0.25) is 14.9 Å². The van der Waals surface area contributed by atoms with Crippen LogP contribution in [0.15, 0.2) is 60.9 Å². The van der Waals surface area contributed by atoms with Gasteiger partial charge in [0.15, 0.2) is 5.78 Å². The van der Waals surface area contributed by atoms with Gasteiger partial charge in [0.25, 0.3) is 5.69 Å². The number of hydrogen-bond donors (Lipinski definition) is 1. The van der Waals surface area contributed by atoms with Gasteiger partial charge in [-0.2, -0.15) is 0 Å². The summed E-state index contributed by atoms with van der Waals surface area (Å²) in [5, 5.41) is 13.9. The highest BCUT2D eigenvalue weighted by Gasteiger charge is 2.12. The SMILES string of the molecule is CNc1ccc(/C=C/C(=O)c2ccc(OCc3nccn3C)cc2)cc1[N+](=O)[O-]. The molecule has 8 nitrogen and oxygen atoms in total. The summed E-state index contributed by atoms with van der Waals surface area (Å²) < 4.78 is 7.54. The Morgan fingerprint density at radius 3 is 2.66 bits per heavy atom. The molecule has 0 fully saturated rings. The number of aryl methyl sites for hydroxylation is 1. The Balaban J connectivity index is 1.65. The average Bonchev–Trinajstić information content (AvgIpc) is 3.15. The molecule has 1 N–H and O–H groups in total. The minimum atomic E-state index is -0.464. The van der Waals surface area contributed by atoms with Crippen molar-refractivity contribution in [3.8, 4) is 5.75 Å². The van der Waals surface area contributed by atoms with Crippen molar-refractivity contribution in [2.45, 2.75) is 6.61 Å². The summed E-state index contributed by atoms with van der Waals surface area (Å²) in [7, 11) is 3.51. The molecule has 0 radical (unpaired) electrons. The van der Waals surface area contributed by atoms with Crippen LogP contribution >= 0.6 is 0 Å². The van der Waals surface area contributed by atoms with Crippen molar-refractivity contribution in [3.05, 3.63) is 88.0 Å². The lowest BCUT2D eigenvalue weighted by Gasteiger charge is -2.06. The predicted molar refractivity (Wildman–Crippen MR) is 110 cm³/mol. The Morgan fingerprint density at radius 1 is 1.28 bits per heavy atom. The van der Waals surface area contributed by atoms with E-state index in [4.69, 9.17) is 4.74 Å². The quantitative estimate of drug-likeness (QED) is 0.271. The number of hydrogen-bond acceptors (Lipinski definition) is 6. The number of ketones is 1. The second-order valence-corrected chi connectivity index (χ2v) is 6.25. The van der Waals surface area contributed by atoms with E-state index in [2.05, 4.69) is 10.3 Å². The molecule has 2 aromatic carbocycles. The van der Waals surface area contributed by atoms with Crippen LogP contribution in [0.5, 0.6) is 5.75 Å². The summed E-state index contributed by atoms with van der Waals surface area (Å²) in [5.41, 5.74) is 1.43. The van der Waals surface area contributed by atoms with Crippen LogP contribution in [-0.4, -0.2) is 27.3 Å². The number of allylic oxidation sites excluding steroid dienone is 1. The van der Waals surface area contributed by atoms with Crippen LogP contribution in [-0.2, 0) is 13.7 Å². The molecular weight excluding hydrogens is 372 g/mol. The molecule has 0 unspecified atom stereocenters. The average molecular weight is 392 g/mol. The summed E-state index contributed by atoms with van der Waals surface area (Å²) in [5.74, 6) is 1.22. The molecule has 1 aromatic heterocycles. The molecule has 3 aromatic rings. The monoisotopic (exact) mass is 392 g/mol. The third-order valence-electron chi connectivity index (χ3n) is 4.34. The maximum absolute atomic E-state index is 12.4. The number of carbonyl (C=O) groups excluding carboxylic acids is 1. The van der Waals surface area contributed by atoms with Gasteiger partial charge in [0.05, 0.1) is 4.92 Å². The molecule has 0 aliphatic rings. The van der Waals surface area contributed by atoms with E-state index in [1.807, 2.05) is 17.8 Å². The van der Waals surface area contributed by atoms with Crippen molar-refractivity contribution in [2.75, 3.05) is 12.4 Å². The van der Waals surface area contributed by atoms with Crippen molar-refractivity contribution >= 4 is 23.2 Å². The zero-order valence-electron chi connectivity index (χ0n) is 16.0. The normalized spacial score (nSPS) is 10.8. The van der Waals surface area contributed by atoms with Crippen LogP contribution in [0.3, 0.4) is 0 Å². The summed E-state index contributed by atoms with van der Waals surface area (Å²) in [6.45, 7) is 0.331. The van der Waals surface area contributed by atoms with Crippen molar-refractivity contribution < 1.29 is 14.5 Å². The van der Waals surface area contributed by atoms with E-state index in [0.717, 1.165) is 5.82 Å². The van der Waals surface area contributed by atoms with E-state index in [0.29, 0.717) is 29.2 Å². The molecule has 0 amide bonds. The van der Waals surface area contributed by atoms with Gasteiger partial charge in [0.2, 0.25) is 0 Å². The Bertz CT molecular complexity index is 1050. The molecule has 0 spiro atoms. The van der Waals surface area contributed by atoms with E-state index in [-0.39, 0.29) is 11.5 Å². The molecule has 0 saturated heterocycles. The van der Waals surface area contributed by atoms with Crippen molar-refractivity contribution in [1.82, 2.24) is 9.55 Å². The Morgan fingerprint density at radius 2 is 2.03 bits per heavy atom. The number of nitro benzene ring substituents is 1. The lowest BCUT2D eigenvalue weighted by Crippen LogP contribution is -2.03. The van der Waals surface area contributed by atoms with Gasteiger partial charge in [-0.25, -0.2) is 4.98 Å². The minimum Gasteiger partial charge on any atom is -0.486 e. The van der Waals surface area contributed by atoms with Crippen LogP contribution in [0.2, 0.25) is 0 Å². The first kappa shape index (κ1) is 19.8. The zero-order valence-corrected chi connectivity index (χ0v) is 16.0. The molecule has 0 saturated carbocycles. The molecule has 148 valence electrons. The van der Waals surface area contributed by atoms with E-state index in [1.54, 1.807) is 55.7 Å². The molecule has 0 bridgehead atoms. The number of carbonyl (C=O) groups is 1. The van der Waals surface area contributed by atoms with Gasteiger partial charge < -0.3 is 14.6 Å². The van der Waals surface area contributed by atoms with E-state index in [9.17, 15) is 14.9 Å². The number of nitro groups is 1. The summed E-state index contributed by atoms with van der Waals surface area (Å²) >= 11 is 0. The third kappa shape index (κ3) is 4.86. The van der Waals surface area contributed by atoms with E-state index >= 15 is 0 Å². The Kier molecular flexibility index (Phi) is 6.03. The molecule has 0 atom stereocenters. The number of benzene rings is 2. The Hall–Kier alpha value is -3.94. The van der Waals surface area contributed by atoms with Gasteiger partial charge in [0.1, 0.15) is 23.9 Å². The summed E-state index contributed by atoms with van der Waals surface area (Å²) in [6, 6.07) is 11.5. The lowest BCUT2D eigenvalue weighted by atomic mass is 10.1. The molecular formula is C21H20N4O4. The van der Waals surface area contributed by atoms with Crippen molar-refractivity contribution in [1.29, 1.82) is 0 Å². The predicted octanol–water partition coefficient (Wildman–Crippen LogP) is 3.85. The second-order valence-electron chi connectivity index (χ2n) is 6.25. The standard InChI is InChI=1S/C21H20N4O4/c1-22-18-9-3-15(13-19(18)25(27)28)4-10-20(26)16-5-7-17(8-6-16)29-14-21-23-11-12-24(21)2/h3-13,22H,14H2,1-2H3/b10-4+. The first-order valence-electron chi connectivity index (χ1n) is 8.85. The number of aromatic nitrogens is 2. The minimum absolute atomic E-state index is 0.0451. The van der Waals surface area contributed by atoms with Crippen LogP contribution in [0.1, 0.15) is 21.7 Å². The van der Waals surface area contributed by atoms with Crippen LogP contribution < -0.4 is 10.1 Å². The molecule has 0 aliphatic carbocycles. The highest BCUT2D eigenvalue weighted by Crippen LogP contribution is 2.25. The van der Waals surface area contributed by atoms with Crippen LogP contribution in [0.4, 0.5) is 11.4 Å². The van der Waals surface area contributed by atoms with Gasteiger partial charge in [-0.1, -0.05) is 12.1 Å². The summed E-state index contributed by atoms with van der Waals surface area (Å²) in [6.07, 6.45) is 6.49. The number of nitrogens with zero attached hydrogens (tertiary/aromatic N) is 3. The first-order chi connectivity index (χ1) is 14.0. The van der Waals surface area contributed by atoms with Gasteiger partial charge in [-0.05, 0) is 42.0 Å². The van der Waals surface area contributed by atoms with Crippen molar-refractivity contribution in [3.63, 3.8) is 0 Å². The highest BCUT2D eigenvalue weighted by molar-refractivity contribution is 6.06. The fourth-order valence-electron chi connectivity index (χ4n) is 2.68. The first-order valence-corrected chi connectivity index (χ1v) is 8.85.